The number of rotatable bonds is 16. The van der Waals surface area contributed by atoms with Crippen molar-refractivity contribution in [2.45, 2.75) is 76.9 Å². The van der Waals surface area contributed by atoms with Gasteiger partial charge >= 0.3 is 0 Å². The van der Waals surface area contributed by atoms with Gasteiger partial charge in [-0.15, -0.1) is 0 Å². The molecule has 0 saturated heterocycles. The Hall–Kier alpha value is -1.10. The second-order valence-corrected chi connectivity index (χ2v) is 6.92. The smallest absolute Gasteiger partial charge is 0.119 e. The monoisotopic (exact) mass is 351 g/mol. The van der Waals surface area contributed by atoms with E-state index in [0.29, 0.717) is 0 Å². The van der Waals surface area contributed by atoms with E-state index in [9.17, 15) is 5.11 Å². The Morgan fingerprint density at radius 2 is 1.32 bits per heavy atom. The quantitative estimate of drug-likeness (QED) is 0.307. The molecule has 0 amide bonds. The fourth-order valence-electron chi connectivity index (χ4n) is 3.00. The van der Waals surface area contributed by atoms with Crippen LogP contribution in [0.25, 0.3) is 0 Å². The summed E-state index contributed by atoms with van der Waals surface area (Å²) in [6.45, 7) is 0.796. The molecule has 25 heavy (non-hydrogen) atoms. The molecule has 0 spiro atoms. The Morgan fingerprint density at radius 3 is 1.84 bits per heavy atom. The van der Waals surface area contributed by atoms with E-state index in [0.717, 1.165) is 31.6 Å². The van der Waals surface area contributed by atoms with Crippen LogP contribution in [-0.2, 0) is 0 Å². The molecule has 2 atom stereocenters. The van der Waals surface area contributed by atoms with Crippen LogP contribution in [0.15, 0.2) is 30.3 Å². The third kappa shape index (κ3) is 12.0. The minimum Gasteiger partial charge on any atom is -0.494 e. The number of nitrogens with two attached hydrogens (primary N) is 1. The molecule has 0 fully saturated rings. The molecular formula is C21H37NO3. The summed E-state index contributed by atoms with van der Waals surface area (Å²) in [4.78, 5) is 0. The van der Waals surface area contributed by atoms with Gasteiger partial charge in [0.15, 0.2) is 0 Å². The predicted molar refractivity (Wildman–Crippen MR) is 103 cm³/mol. The van der Waals surface area contributed by atoms with Crippen LogP contribution in [0, 0.1) is 5.92 Å². The fraction of sp³-hybridized carbons (Fsp3) is 0.714. The highest BCUT2D eigenvalue weighted by molar-refractivity contribution is 5.20. The maximum atomic E-state index is 9.26. The van der Waals surface area contributed by atoms with E-state index in [1.165, 1.54) is 51.4 Å². The molecule has 1 aromatic carbocycles. The van der Waals surface area contributed by atoms with Crippen LogP contribution >= 0.6 is 0 Å². The van der Waals surface area contributed by atoms with Crippen LogP contribution in [0.2, 0.25) is 0 Å². The summed E-state index contributed by atoms with van der Waals surface area (Å²) in [5.74, 6) is 0.805. The first-order valence-electron chi connectivity index (χ1n) is 9.96. The van der Waals surface area contributed by atoms with Crippen LogP contribution < -0.4 is 10.5 Å². The van der Waals surface area contributed by atoms with Gasteiger partial charge in [-0.05, 0) is 25.0 Å². The van der Waals surface area contributed by atoms with E-state index < -0.39 is 6.23 Å². The zero-order chi connectivity index (χ0) is 18.2. The molecule has 4 N–H and O–H groups in total. The SMILES string of the molecule is NC(O)C(CO)CCCCCCCCCCCCOc1ccccc1. The standard InChI is InChI=1S/C21H37NO3/c22-21(24)19(18-23)14-10-7-5-3-1-2-4-6-8-13-17-25-20-15-11-9-12-16-20/h9,11-12,15-16,19,21,23-24H,1-8,10,13-14,17-18,22H2. The summed E-state index contributed by atoms with van der Waals surface area (Å²) in [6, 6.07) is 10.0. The Labute approximate surface area is 153 Å². The van der Waals surface area contributed by atoms with Crippen LogP contribution in [0.4, 0.5) is 0 Å². The second kappa shape index (κ2) is 15.2. The topological polar surface area (TPSA) is 75.7 Å². The van der Waals surface area contributed by atoms with Gasteiger partial charge in [-0.1, -0.05) is 76.0 Å². The molecule has 144 valence electrons. The highest BCUT2D eigenvalue weighted by Crippen LogP contribution is 2.15. The van der Waals surface area contributed by atoms with Gasteiger partial charge in [0.05, 0.1) is 6.61 Å². The summed E-state index contributed by atoms with van der Waals surface area (Å²) >= 11 is 0. The molecule has 2 unspecified atom stereocenters. The van der Waals surface area contributed by atoms with E-state index in [1.54, 1.807) is 0 Å². The van der Waals surface area contributed by atoms with Crippen molar-refractivity contribution >= 4 is 0 Å². The number of unbranched alkanes of at least 4 members (excludes halogenated alkanes) is 9. The molecule has 0 aliphatic carbocycles. The van der Waals surface area contributed by atoms with E-state index >= 15 is 0 Å². The highest BCUT2D eigenvalue weighted by atomic mass is 16.5. The van der Waals surface area contributed by atoms with Gasteiger partial charge in [-0.2, -0.15) is 0 Å². The number of aliphatic hydroxyl groups excluding tert-OH is 2. The number of para-hydroxylation sites is 1. The van der Waals surface area contributed by atoms with Gasteiger partial charge in [0.1, 0.15) is 12.0 Å². The van der Waals surface area contributed by atoms with Gasteiger partial charge in [0.2, 0.25) is 0 Å². The van der Waals surface area contributed by atoms with Crippen molar-refractivity contribution in [3.8, 4) is 5.75 Å². The lowest BCUT2D eigenvalue weighted by Gasteiger charge is -2.16. The summed E-state index contributed by atoms with van der Waals surface area (Å²) in [7, 11) is 0. The van der Waals surface area contributed by atoms with Crippen molar-refractivity contribution in [2.24, 2.45) is 11.7 Å². The number of ether oxygens (including phenoxy) is 1. The van der Waals surface area contributed by atoms with E-state index in [-0.39, 0.29) is 12.5 Å². The molecule has 0 bridgehead atoms. The van der Waals surface area contributed by atoms with E-state index in [4.69, 9.17) is 15.6 Å². The zero-order valence-electron chi connectivity index (χ0n) is 15.6. The Bertz CT molecular complexity index is 397. The highest BCUT2D eigenvalue weighted by Gasteiger charge is 2.13. The predicted octanol–water partition coefficient (Wildman–Crippen LogP) is 4.24. The van der Waals surface area contributed by atoms with Crippen molar-refractivity contribution in [1.82, 2.24) is 0 Å². The molecular weight excluding hydrogens is 314 g/mol. The molecule has 0 aliphatic heterocycles. The lowest BCUT2D eigenvalue weighted by molar-refractivity contribution is 0.0656. The van der Waals surface area contributed by atoms with Gasteiger partial charge in [0.25, 0.3) is 0 Å². The molecule has 1 rings (SSSR count). The minimum absolute atomic E-state index is 0.0198. The van der Waals surface area contributed by atoms with Crippen LogP contribution in [-0.4, -0.2) is 29.7 Å². The summed E-state index contributed by atoms with van der Waals surface area (Å²) < 4.78 is 5.69. The third-order valence-electron chi connectivity index (χ3n) is 4.70. The zero-order valence-corrected chi connectivity index (χ0v) is 15.6. The average Bonchev–Trinajstić information content (AvgIpc) is 2.62. The molecule has 0 saturated carbocycles. The maximum Gasteiger partial charge on any atom is 0.119 e. The van der Waals surface area contributed by atoms with Gasteiger partial charge in [-0.3, -0.25) is 0 Å². The molecule has 0 aliphatic rings. The first kappa shape index (κ1) is 21.9. The van der Waals surface area contributed by atoms with Crippen molar-refractivity contribution in [1.29, 1.82) is 0 Å². The summed E-state index contributed by atoms with van der Waals surface area (Å²) in [5, 5.41) is 18.3. The van der Waals surface area contributed by atoms with Crippen molar-refractivity contribution < 1.29 is 14.9 Å². The lowest BCUT2D eigenvalue weighted by atomic mass is 9.99. The summed E-state index contributed by atoms with van der Waals surface area (Å²) in [6.07, 6.45) is 12.3. The fourth-order valence-corrected chi connectivity index (χ4v) is 3.00. The number of hydrogen-bond acceptors (Lipinski definition) is 4. The number of benzene rings is 1. The molecule has 1 aromatic rings. The van der Waals surface area contributed by atoms with E-state index in [1.807, 2.05) is 30.3 Å². The van der Waals surface area contributed by atoms with Crippen molar-refractivity contribution in [2.75, 3.05) is 13.2 Å². The van der Waals surface area contributed by atoms with Crippen molar-refractivity contribution in [3.05, 3.63) is 30.3 Å². The molecule has 4 heteroatoms. The molecule has 0 radical (unpaired) electrons. The van der Waals surface area contributed by atoms with Crippen molar-refractivity contribution in [3.63, 3.8) is 0 Å². The Kier molecular flexibility index (Phi) is 13.3. The Balaban J connectivity index is 1.79. The number of aliphatic hydroxyl groups is 2. The van der Waals surface area contributed by atoms with Crippen LogP contribution in [0.1, 0.15) is 70.6 Å². The minimum atomic E-state index is -0.886. The second-order valence-electron chi connectivity index (χ2n) is 6.92. The lowest BCUT2D eigenvalue weighted by Crippen LogP contribution is -2.31. The molecule has 0 heterocycles. The van der Waals surface area contributed by atoms with Gasteiger partial charge in [-0.25, -0.2) is 0 Å². The Morgan fingerprint density at radius 1 is 0.800 bits per heavy atom. The number of hydrogen-bond donors (Lipinski definition) is 3. The third-order valence-corrected chi connectivity index (χ3v) is 4.70. The molecule has 4 nitrogen and oxygen atoms in total. The van der Waals surface area contributed by atoms with Crippen LogP contribution in [0.3, 0.4) is 0 Å². The van der Waals surface area contributed by atoms with Gasteiger partial charge < -0.3 is 20.7 Å². The average molecular weight is 352 g/mol. The summed E-state index contributed by atoms with van der Waals surface area (Å²) in [5.41, 5.74) is 5.40. The van der Waals surface area contributed by atoms with Crippen LogP contribution in [0.5, 0.6) is 5.75 Å². The van der Waals surface area contributed by atoms with E-state index in [2.05, 4.69) is 0 Å². The first-order valence-corrected chi connectivity index (χ1v) is 9.96. The first-order chi connectivity index (χ1) is 12.2. The normalized spacial score (nSPS) is 13.6. The van der Waals surface area contributed by atoms with Gasteiger partial charge in [0, 0.05) is 12.5 Å². The maximum absolute atomic E-state index is 9.26. The largest absolute Gasteiger partial charge is 0.494 e. The molecule has 0 aromatic heterocycles.